The van der Waals surface area contributed by atoms with E-state index >= 15 is 0 Å². The van der Waals surface area contributed by atoms with Gasteiger partial charge in [0.05, 0.1) is 21.3 Å². The summed E-state index contributed by atoms with van der Waals surface area (Å²) in [6, 6.07) is 29.5. The monoisotopic (exact) mass is 471 g/mol. The molecule has 0 unspecified atom stereocenters. The van der Waals surface area contributed by atoms with E-state index in [0.29, 0.717) is 5.41 Å². The van der Waals surface area contributed by atoms with Crippen molar-refractivity contribution in [3.8, 4) is 6.07 Å². The first-order valence-corrected chi connectivity index (χ1v) is 12.3. The Labute approximate surface area is 191 Å². The Bertz CT molecular complexity index is 1150. The van der Waals surface area contributed by atoms with E-state index < -0.39 is 7.25 Å². The van der Waals surface area contributed by atoms with E-state index in [0.717, 1.165) is 19.3 Å². The summed E-state index contributed by atoms with van der Waals surface area (Å²) in [6.07, 6.45) is 3.18. The van der Waals surface area contributed by atoms with Crippen LogP contribution in [0.5, 0.6) is 0 Å². The average molecular weight is 471 g/mol. The number of rotatable bonds is 2. The fraction of sp³-hybridized carbons (Fsp3) is 0.208. The molecule has 3 aliphatic carbocycles. The van der Waals surface area contributed by atoms with Gasteiger partial charge >= 0.3 is 7.25 Å². The van der Waals surface area contributed by atoms with Crippen LogP contribution in [-0.2, 0) is 16.3 Å². The molecule has 8 heteroatoms. The largest absolute Gasteiger partial charge is 0.673 e. The Morgan fingerprint density at radius 3 is 1.72 bits per heavy atom. The Hall–Kier alpha value is -2.37. The smallest absolute Gasteiger partial charge is 0.418 e. The molecule has 1 aliphatic heterocycles. The predicted molar refractivity (Wildman–Crippen MR) is 119 cm³/mol. The maximum absolute atomic E-state index is 9.75. The summed E-state index contributed by atoms with van der Waals surface area (Å²) in [4.78, 5) is 7.00. The van der Waals surface area contributed by atoms with Gasteiger partial charge in [-0.25, -0.2) is 0 Å². The molecule has 0 aromatic heterocycles. The quantitative estimate of drug-likeness (QED) is 0.172. The number of benzene rings is 3. The number of nitrogens with zero attached hydrogens (tertiary/aromatic N) is 1. The van der Waals surface area contributed by atoms with Gasteiger partial charge < -0.3 is 17.3 Å². The lowest BCUT2D eigenvalue weighted by Crippen LogP contribution is -2.63. The van der Waals surface area contributed by atoms with E-state index in [1.54, 1.807) is 0 Å². The van der Waals surface area contributed by atoms with Crippen molar-refractivity contribution in [3.63, 3.8) is 0 Å². The molecule has 0 atom stereocenters. The van der Waals surface area contributed by atoms with Crippen LogP contribution in [0.4, 0.5) is 17.3 Å². The first-order valence-electron chi connectivity index (χ1n) is 10.2. The van der Waals surface area contributed by atoms with E-state index in [1.807, 2.05) is 11.8 Å². The Morgan fingerprint density at radius 1 is 0.781 bits per heavy atom. The maximum atomic E-state index is 9.75. The van der Waals surface area contributed by atoms with Crippen molar-refractivity contribution < 1.29 is 17.3 Å². The molecule has 3 fully saturated rings. The molecule has 3 saturated carbocycles. The molecule has 162 valence electrons. The fourth-order valence-electron chi connectivity index (χ4n) is 5.05. The van der Waals surface area contributed by atoms with Gasteiger partial charge in [0, 0.05) is 0 Å². The lowest BCUT2D eigenvalue weighted by Gasteiger charge is -2.67. The van der Waals surface area contributed by atoms with Crippen molar-refractivity contribution >= 4 is 29.9 Å². The molecule has 32 heavy (non-hydrogen) atoms. The summed E-state index contributed by atoms with van der Waals surface area (Å²) in [5.41, 5.74) is 1.74. The maximum Gasteiger partial charge on any atom is 0.673 e. The minimum Gasteiger partial charge on any atom is -0.418 e. The normalized spacial score (nSPS) is 25.1. The highest BCUT2D eigenvalue weighted by atomic mass is 32.2. The van der Waals surface area contributed by atoms with Gasteiger partial charge in [-0.1, -0.05) is 48.2 Å². The minimum atomic E-state index is -6.00. The van der Waals surface area contributed by atoms with Crippen LogP contribution >= 0.6 is 11.8 Å². The molecule has 4 aliphatic rings. The first-order chi connectivity index (χ1) is 15.2. The highest BCUT2D eigenvalue weighted by Gasteiger charge is 2.68. The van der Waals surface area contributed by atoms with Crippen LogP contribution in [0.3, 0.4) is 0 Å². The zero-order valence-corrected chi connectivity index (χ0v) is 18.5. The molecular weight excluding hydrogens is 453 g/mol. The predicted octanol–water partition coefficient (Wildman–Crippen LogP) is 7.49. The van der Waals surface area contributed by atoms with E-state index in [-0.39, 0.29) is 16.3 Å². The van der Waals surface area contributed by atoms with Crippen LogP contribution in [0.15, 0.2) is 97.3 Å². The molecule has 1 nitrogen and oxygen atoms in total. The Morgan fingerprint density at radius 2 is 1.25 bits per heavy atom. The summed E-state index contributed by atoms with van der Waals surface area (Å²) < 4.78 is 39.0. The second kappa shape index (κ2) is 7.60. The van der Waals surface area contributed by atoms with Crippen molar-refractivity contribution in [2.24, 2.45) is 5.41 Å². The lowest BCUT2D eigenvalue weighted by molar-refractivity contribution is -0.0928. The third-order valence-electron chi connectivity index (χ3n) is 6.33. The minimum absolute atomic E-state index is 0.0128. The van der Waals surface area contributed by atoms with Crippen LogP contribution in [0.2, 0.25) is 0 Å². The molecule has 7 rings (SSSR count). The van der Waals surface area contributed by atoms with Gasteiger partial charge in [-0.15, -0.1) is 0 Å². The van der Waals surface area contributed by atoms with Crippen LogP contribution in [-0.4, -0.2) is 7.25 Å². The van der Waals surface area contributed by atoms with Gasteiger partial charge in [-0.2, -0.15) is 5.26 Å². The number of hydrogen-bond acceptors (Lipinski definition) is 2. The Kier molecular flexibility index (Phi) is 5.10. The van der Waals surface area contributed by atoms with Crippen molar-refractivity contribution in [2.75, 3.05) is 0 Å². The molecule has 0 saturated heterocycles. The molecule has 0 spiro atoms. The number of hydrogen-bond donors (Lipinski definition) is 0. The molecule has 3 aromatic rings. The summed E-state index contributed by atoms with van der Waals surface area (Å²) >= 11 is 1.89. The third kappa shape index (κ3) is 3.72. The summed E-state index contributed by atoms with van der Waals surface area (Å²) in [5.74, 6) is 0. The first kappa shape index (κ1) is 21.5. The molecule has 0 radical (unpaired) electrons. The number of fused-ring (bicyclic) bond motifs is 2. The molecule has 0 amide bonds. The van der Waals surface area contributed by atoms with Crippen molar-refractivity contribution in [3.05, 3.63) is 78.4 Å². The second-order valence-corrected chi connectivity index (χ2v) is 11.6. The topological polar surface area (TPSA) is 23.8 Å². The van der Waals surface area contributed by atoms with Crippen molar-refractivity contribution in [1.82, 2.24) is 0 Å². The second-order valence-electron chi connectivity index (χ2n) is 8.52. The van der Waals surface area contributed by atoms with E-state index in [4.69, 9.17) is 0 Å². The van der Waals surface area contributed by atoms with Gasteiger partial charge in [0.2, 0.25) is 0 Å². The van der Waals surface area contributed by atoms with Crippen LogP contribution in [0, 0.1) is 16.7 Å². The summed E-state index contributed by atoms with van der Waals surface area (Å²) in [7, 11) is -6.05. The molecule has 2 bridgehead atoms. The lowest BCUT2D eigenvalue weighted by atomic mass is 9.34. The molecular formula is C24H18BF4NS2. The standard InChI is InChI=1S/C24H18NS2.BF4/c25-16-23-13-24(14-23,15-23)17-9-11-18(12-10-17)27-21-7-3-1-5-19(21)26-20-6-2-4-8-22(20)27;2-1(3,4)5/h1-12H,13-15H2;/q+1;-1. The van der Waals surface area contributed by atoms with E-state index in [1.165, 1.54) is 30.0 Å². The van der Waals surface area contributed by atoms with E-state index in [2.05, 4.69) is 78.9 Å². The molecule has 3 aromatic carbocycles. The highest BCUT2D eigenvalue weighted by molar-refractivity contribution is 8.04. The SMILES string of the molecule is F[B-](F)(F)F.N#CC12CC(c3ccc([S+]4c5ccccc5Sc5ccccc54)cc3)(C1)C2. The van der Waals surface area contributed by atoms with Crippen molar-refractivity contribution in [1.29, 1.82) is 5.26 Å². The van der Waals surface area contributed by atoms with Crippen LogP contribution in [0.1, 0.15) is 24.8 Å². The average Bonchev–Trinajstić information content (AvgIpc) is 2.70. The van der Waals surface area contributed by atoms with Crippen LogP contribution < -0.4 is 0 Å². The van der Waals surface area contributed by atoms with Crippen molar-refractivity contribution in [2.45, 2.75) is 49.2 Å². The van der Waals surface area contributed by atoms with Gasteiger partial charge in [0.25, 0.3) is 0 Å². The number of halogens is 4. The fourth-order valence-corrected chi connectivity index (χ4v) is 8.79. The highest BCUT2D eigenvalue weighted by Crippen LogP contribution is 2.73. The summed E-state index contributed by atoms with van der Waals surface area (Å²) in [5, 5.41) is 9.29. The number of nitriles is 1. The van der Waals surface area contributed by atoms with Gasteiger partial charge in [-0.05, 0) is 66.6 Å². The zero-order valence-electron chi connectivity index (χ0n) is 16.9. The van der Waals surface area contributed by atoms with Crippen LogP contribution in [0.25, 0.3) is 0 Å². The van der Waals surface area contributed by atoms with Gasteiger partial charge in [0.15, 0.2) is 14.7 Å². The Balaban J connectivity index is 0.000000393. The summed E-state index contributed by atoms with van der Waals surface area (Å²) in [6.45, 7) is 0. The third-order valence-corrected chi connectivity index (χ3v) is 10.1. The van der Waals surface area contributed by atoms with Gasteiger partial charge in [-0.3, -0.25) is 0 Å². The molecule has 0 N–H and O–H groups in total. The molecule has 1 heterocycles. The van der Waals surface area contributed by atoms with E-state index in [9.17, 15) is 22.5 Å². The zero-order chi connectivity index (χ0) is 22.6. The van der Waals surface area contributed by atoms with Gasteiger partial charge in [0.1, 0.15) is 10.9 Å².